The minimum Gasteiger partial charge on any atom is -0.485 e. The molecule has 182 valence electrons. The molecule has 1 atom stereocenters. The van der Waals surface area contributed by atoms with Crippen LogP contribution >= 0.6 is 11.6 Å². The lowest BCUT2D eigenvalue weighted by molar-refractivity contribution is -0.118. The number of fused-ring (bicyclic) bond motifs is 3. The summed E-state index contributed by atoms with van der Waals surface area (Å²) in [6.45, 7) is 2.09. The van der Waals surface area contributed by atoms with Crippen LogP contribution in [0.2, 0.25) is 5.02 Å². The predicted molar refractivity (Wildman–Crippen MR) is 130 cm³/mol. The molecule has 0 N–H and O–H groups in total. The number of carbonyl (C=O) groups excluding carboxylic acids is 1. The summed E-state index contributed by atoms with van der Waals surface area (Å²) in [5.74, 6) is 3.63. The molecule has 1 saturated carbocycles. The monoisotopic (exact) mass is 495 g/mol. The van der Waals surface area contributed by atoms with Gasteiger partial charge in [0.15, 0.2) is 11.5 Å². The number of benzene rings is 2. The number of Topliss-reactive ketones (excluding diaryl/α,β-unsaturated/α-hetero) is 1. The Balaban J connectivity index is 1.29. The van der Waals surface area contributed by atoms with E-state index < -0.39 is 0 Å². The molecule has 8 heteroatoms. The number of nitrogens with zero attached hydrogens (tertiary/aromatic N) is 1. The van der Waals surface area contributed by atoms with Crippen molar-refractivity contribution in [2.24, 2.45) is 5.92 Å². The van der Waals surface area contributed by atoms with Crippen molar-refractivity contribution in [1.29, 1.82) is 0 Å². The molecule has 2 aromatic carbocycles. The highest BCUT2D eigenvalue weighted by molar-refractivity contribution is 6.31. The molecule has 0 amide bonds. The summed E-state index contributed by atoms with van der Waals surface area (Å²) in [6.07, 6.45) is 5.79. The first-order chi connectivity index (χ1) is 17.1. The van der Waals surface area contributed by atoms with Crippen molar-refractivity contribution in [3.63, 3.8) is 0 Å². The highest BCUT2D eigenvalue weighted by Crippen LogP contribution is 2.49. The fraction of sp³-hybridized carbons (Fsp3) is 0.407. The van der Waals surface area contributed by atoms with Crippen LogP contribution in [0.1, 0.15) is 31.2 Å². The summed E-state index contributed by atoms with van der Waals surface area (Å²) < 4.78 is 29.8. The van der Waals surface area contributed by atoms with Crippen molar-refractivity contribution in [2.75, 3.05) is 26.4 Å². The van der Waals surface area contributed by atoms with Gasteiger partial charge in [0, 0.05) is 36.5 Å². The first-order valence-corrected chi connectivity index (χ1v) is 12.5. The van der Waals surface area contributed by atoms with Crippen molar-refractivity contribution >= 4 is 28.3 Å². The second-order valence-electron chi connectivity index (χ2n) is 9.25. The zero-order valence-corrected chi connectivity index (χ0v) is 20.0. The van der Waals surface area contributed by atoms with E-state index in [2.05, 4.69) is 4.98 Å². The smallest absolute Gasteiger partial charge is 0.204 e. The lowest BCUT2D eigenvalue weighted by atomic mass is 10.0. The molecule has 7 nitrogen and oxygen atoms in total. The Morgan fingerprint density at radius 2 is 1.89 bits per heavy atom. The van der Waals surface area contributed by atoms with E-state index in [0.717, 1.165) is 24.8 Å². The summed E-state index contributed by atoms with van der Waals surface area (Å²) in [5.41, 5.74) is 1.49. The van der Waals surface area contributed by atoms with E-state index in [4.69, 9.17) is 35.3 Å². The highest BCUT2D eigenvalue weighted by atomic mass is 35.5. The van der Waals surface area contributed by atoms with E-state index in [9.17, 15) is 4.79 Å². The molecule has 3 aromatic rings. The average Bonchev–Trinajstić information content (AvgIpc) is 3.52. The van der Waals surface area contributed by atoms with E-state index >= 15 is 0 Å². The summed E-state index contributed by atoms with van der Waals surface area (Å²) in [7, 11) is 0. The number of halogens is 1. The number of hydrogen-bond donors (Lipinski definition) is 0. The fourth-order valence-electron chi connectivity index (χ4n) is 4.52. The number of rotatable bonds is 8. The van der Waals surface area contributed by atoms with Gasteiger partial charge in [0.1, 0.15) is 36.6 Å². The molecule has 0 radical (unpaired) electrons. The minimum atomic E-state index is -0.0293. The largest absolute Gasteiger partial charge is 0.485 e. The summed E-state index contributed by atoms with van der Waals surface area (Å²) in [6, 6.07) is 9.08. The molecular formula is C27H26ClNO6. The van der Waals surface area contributed by atoms with Crippen LogP contribution in [-0.2, 0) is 16.0 Å². The first kappa shape index (κ1) is 22.4. The van der Waals surface area contributed by atoms with Crippen molar-refractivity contribution < 1.29 is 28.5 Å². The van der Waals surface area contributed by atoms with Gasteiger partial charge in [-0.15, -0.1) is 0 Å². The standard InChI is InChI=1S/C27H26ClNO6/c28-21-13-19(4-3-17(21)12-18(30)11-16-1-2-16)34-23-5-7-29-22-14-24(35-20-6-8-31-15-20)26-27(25(22)23)33-10-9-32-26/h3-5,7,13-14,16,20H,1-2,6,8-12,15H2. The topological polar surface area (TPSA) is 76.1 Å². The maximum Gasteiger partial charge on any atom is 0.204 e. The van der Waals surface area contributed by atoms with Gasteiger partial charge in [-0.3, -0.25) is 9.78 Å². The van der Waals surface area contributed by atoms with Crippen LogP contribution in [0, 0.1) is 5.92 Å². The minimum absolute atomic E-state index is 0.0293. The third-order valence-corrected chi connectivity index (χ3v) is 6.83. The van der Waals surface area contributed by atoms with E-state index in [0.29, 0.717) is 89.9 Å². The van der Waals surface area contributed by atoms with Crippen molar-refractivity contribution in [1.82, 2.24) is 4.98 Å². The Labute approximate surface area is 208 Å². The molecule has 2 fully saturated rings. The van der Waals surface area contributed by atoms with Gasteiger partial charge in [-0.2, -0.15) is 0 Å². The number of ketones is 1. The third-order valence-electron chi connectivity index (χ3n) is 6.48. The zero-order valence-electron chi connectivity index (χ0n) is 19.3. The van der Waals surface area contributed by atoms with Crippen LogP contribution in [0.25, 0.3) is 10.9 Å². The molecule has 1 aromatic heterocycles. The fourth-order valence-corrected chi connectivity index (χ4v) is 4.76. The van der Waals surface area contributed by atoms with E-state index in [1.807, 2.05) is 18.2 Å². The lowest BCUT2D eigenvalue weighted by Gasteiger charge is -2.24. The average molecular weight is 496 g/mol. The van der Waals surface area contributed by atoms with Gasteiger partial charge in [0.2, 0.25) is 5.75 Å². The SMILES string of the molecule is O=C(Cc1ccc(Oc2ccnc3cc(OC4CCOC4)c4c(c23)OCCO4)cc1Cl)CC1CC1. The van der Waals surface area contributed by atoms with Crippen molar-refractivity contribution in [3.05, 3.63) is 47.1 Å². The molecule has 3 aliphatic rings. The Morgan fingerprint density at radius 3 is 2.66 bits per heavy atom. The van der Waals surface area contributed by atoms with Crippen LogP contribution < -0.4 is 18.9 Å². The van der Waals surface area contributed by atoms with Crippen LogP contribution in [0.5, 0.6) is 28.7 Å². The van der Waals surface area contributed by atoms with E-state index in [1.165, 1.54) is 0 Å². The number of hydrogen-bond acceptors (Lipinski definition) is 7. The van der Waals surface area contributed by atoms with Gasteiger partial charge in [-0.1, -0.05) is 17.7 Å². The Morgan fingerprint density at radius 1 is 1.03 bits per heavy atom. The number of aromatic nitrogens is 1. The third kappa shape index (κ3) is 4.88. The number of ether oxygens (including phenoxy) is 5. The Kier molecular flexibility index (Phi) is 6.12. The maximum atomic E-state index is 12.3. The summed E-state index contributed by atoms with van der Waals surface area (Å²) >= 11 is 6.51. The second kappa shape index (κ2) is 9.55. The normalized spacial score (nSPS) is 19.1. The predicted octanol–water partition coefficient (Wildman–Crippen LogP) is 5.53. The van der Waals surface area contributed by atoms with Crippen LogP contribution in [0.3, 0.4) is 0 Å². The highest BCUT2D eigenvalue weighted by Gasteiger charge is 2.28. The van der Waals surface area contributed by atoms with Crippen LogP contribution in [0.15, 0.2) is 36.5 Å². The molecule has 2 aliphatic heterocycles. The van der Waals surface area contributed by atoms with Crippen molar-refractivity contribution in [2.45, 2.75) is 38.2 Å². The molecule has 6 rings (SSSR count). The van der Waals surface area contributed by atoms with E-state index in [1.54, 1.807) is 18.3 Å². The molecule has 35 heavy (non-hydrogen) atoms. The van der Waals surface area contributed by atoms with E-state index in [-0.39, 0.29) is 11.9 Å². The van der Waals surface area contributed by atoms with Crippen LogP contribution in [-0.4, -0.2) is 43.3 Å². The Bertz CT molecular complexity index is 1270. The summed E-state index contributed by atoms with van der Waals surface area (Å²) in [4.78, 5) is 16.8. The molecular weight excluding hydrogens is 470 g/mol. The van der Waals surface area contributed by atoms with Gasteiger partial charge < -0.3 is 23.7 Å². The van der Waals surface area contributed by atoms with Gasteiger partial charge in [0.25, 0.3) is 0 Å². The Hall–Kier alpha value is -3.03. The number of pyridine rings is 1. The maximum absolute atomic E-state index is 12.3. The number of carbonyl (C=O) groups is 1. The quantitative estimate of drug-likeness (QED) is 0.406. The molecule has 1 aliphatic carbocycles. The van der Waals surface area contributed by atoms with Gasteiger partial charge in [-0.05, 0) is 42.5 Å². The summed E-state index contributed by atoms with van der Waals surface area (Å²) in [5, 5.41) is 1.22. The zero-order chi connectivity index (χ0) is 23.8. The van der Waals surface area contributed by atoms with Crippen LogP contribution in [0.4, 0.5) is 0 Å². The van der Waals surface area contributed by atoms with Gasteiger partial charge in [-0.25, -0.2) is 0 Å². The molecule has 0 bridgehead atoms. The molecule has 3 heterocycles. The lowest BCUT2D eigenvalue weighted by Crippen LogP contribution is -2.20. The van der Waals surface area contributed by atoms with Gasteiger partial charge >= 0.3 is 0 Å². The second-order valence-corrected chi connectivity index (χ2v) is 9.66. The molecule has 1 saturated heterocycles. The van der Waals surface area contributed by atoms with Gasteiger partial charge in [0.05, 0.1) is 24.1 Å². The first-order valence-electron chi connectivity index (χ1n) is 12.1. The molecule has 1 unspecified atom stereocenters. The van der Waals surface area contributed by atoms with Crippen molar-refractivity contribution in [3.8, 4) is 28.7 Å². The molecule has 0 spiro atoms.